The third-order valence-electron chi connectivity index (χ3n) is 2.55. The molecule has 0 aliphatic rings. The van der Waals surface area contributed by atoms with Gasteiger partial charge >= 0.3 is 0 Å². The average molecular weight is 434 g/mol. The van der Waals surface area contributed by atoms with E-state index in [4.69, 9.17) is 11.6 Å². The molecule has 2 nitrogen and oxygen atoms in total. The molecule has 18 heavy (non-hydrogen) atoms. The fourth-order valence-corrected chi connectivity index (χ4v) is 2.20. The van der Waals surface area contributed by atoms with E-state index in [1.807, 2.05) is 53.2 Å². The van der Waals surface area contributed by atoms with Crippen LogP contribution in [0.1, 0.15) is 0 Å². The van der Waals surface area contributed by atoms with Gasteiger partial charge in [-0.25, -0.2) is 4.98 Å². The molecule has 0 saturated heterocycles. The molecule has 0 N–H and O–H groups in total. The molecule has 0 aliphatic heterocycles. The highest BCUT2D eigenvalue weighted by Crippen LogP contribution is 2.22. The number of halogens is 3. The Hall–Kier alpha value is -0.590. The molecule has 0 unspecified atom stereocenters. The number of rotatable bonds is 1. The van der Waals surface area contributed by atoms with Crippen LogP contribution < -0.4 is 24.0 Å². The molecule has 0 bridgehead atoms. The predicted octanol–water partition coefficient (Wildman–Crippen LogP) is 1.42. The highest BCUT2D eigenvalue weighted by molar-refractivity contribution is 9.10. The smallest absolute Gasteiger partial charge is 0.137 e. The van der Waals surface area contributed by atoms with Gasteiger partial charge in [0.15, 0.2) is 0 Å². The van der Waals surface area contributed by atoms with Gasteiger partial charge in [0.25, 0.3) is 0 Å². The average Bonchev–Trinajstić information content (AvgIpc) is 2.72. The van der Waals surface area contributed by atoms with Gasteiger partial charge < -0.3 is 28.4 Å². The van der Waals surface area contributed by atoms with E-state index in [0.717, 1.165) is 26.4 Å². The lowest BCUT2D eigenvalue weighted by molar-refractivity contribution is -0.00000321. The van der Waals surface area contributed by atoms with Gasteiger partial charge in [-0.3, -0.25) is 0 Å². The Balaban J connectivity index is 0.00000120. The van der Waals surface area contributed by atoms with Crippen molar-refractivity contribution in [2.24, 2.45) is 0 Å². The van der Waals surface area contributed by atoms with Gasteiger partial charge in [0.1, 0.15) is 5.65 Å². The summed E-state index contributed by atoms with van der Waals surface area (Å²) >= 11 is 9.31. The summed E-state index contributed by atoms with van der Waals surface area (Å²) in [5.41, 5.74) is 2.94. The molecule has 3 aromatic rings. The summed E-state index contributed by atoms with van der Waals surface area (Å²) in [5, 5.41) is 0.736. The maximum absolute atomic E-state index is 5.87. The highest BCUT2D eigenvalue weighted by atomic mass is 127. The van der Waals surface area contributed by atoms with Gasteiger partial charge in [-0.1, -0.05) is 23.7 Å². The van der Waals surface area contributed by atoms with Crippen LogP contribution in [-0.4, -0.2) is 9.38 Å². The first kappa shape index (κ1) is 13.8. The van der Waals surface area contributed by atoms with Crippen molar-refractivity contribution in [3.05, 3.63) is 58.3 Å². The quantitative estimate of drug-likeness (QED) is 0.530. The number of nitrogens with zero attached hydrogens (tertiary/aromatic N) is 2. The Bertz CT molecular complexity index is 679. The second kappa shape index (κ2) is 5.59. The normalized spacial score (nSPS) is 10.3. The number of hydrogen-bond acceptors (Lipinski definition) is 1. The number of pyridine rings is 1. The number of hydrogen-bond donors (Lipinski definition) is 0. The molecule has 2 heterocycles. The second-order valence-corrected chi connectivity index (χ2v) is 5.10. The molecule has 0 atom stereocenters. The summed E-state index contributed by atoms with van der Waals surface area (Å²) in [7, 11) is 0. The van der Waals surface area contributed by atoms with Gasteiger partial charge in [-0.15, -0.1) is 0 Å². The molecule has 1 aromatic carbocycles. The monoisotopic (exact) mass is 433 g/mol. The topological polar surface area (TPSA) is 17.3 Å². The zero-order chi connectivity index (χ0) is 11.8. The van der Waals surface area contributed by atoms with Crippen molar-refractivity contribution in [2.75, 3.05) is 0 Å². The van der Waals surface area contributed by atoms with Gasteiger partial charge in [0.2, 0.25) is 0 Å². The van der Waals surface area contributed by atoms with Crippen molar-refractivity contribution >= 4 is 33.2 Å². The summed E-state index contributed by atoms with van der Waals surface area (Å²) in [4.78, 5) is 4.55. The molecule has 92 valence electrons. The van der Waals surface area contributed by atoms with E-state index >= 15 is 0 Å². The van der Waals surface area contributed by atoms with Gasteiger partial charge in [-0.2, -0.15) is 0 Å². The minimum atomic E-state index is 0. The third kappa shape index (κ3) is 2.70. The summed E-state index contributed by atoms with van der Waals surface area (Å²) in [6, 6.07) is 11.6. The fraction of sp³-hybridized carbons (Fsp3) is 0. The first-order valence-corrected chi connectivity index (χ1v) is 6.30. The zero-order valence-electron chi connectivity index (χ0n) is 9.15. The summed E-state index contributed by atoms with van der Waals surface area (Å²) in [5.74, 6) is 0. The lowest BCUT2D eigenvalue weighted by Gasteiger charge is -1.95. The summed E-state index contributed by atoms with van der Waals surface area (Å²) in [6.07, 6.45) is 3.99. The van der Waals surface area contributed by atoms with E-state index < -0.39 is 0 Å². The van der Waals surface area contributed by atoms with Crippen LogP contribution >= 0.6 is 27.5 Å². The lowest BCUT2D eigenvalue weighted by atomic mass is 10.2. The van der Waals surface area contributed by atoms with Crippen molar-refractivity contribution in [1.82, 2.24) is 9.38 Å². The fourth-order valence-electron chi connectivity index (χ4n) is 1.72. The number of fused-ring (bicyclic) bond motifs is 1. The largest absolute Gasteiger partial charge is 1.00 e. The lowest BCUT2D eigenvalue weighted by Crippen LogP contribution is -3.00. The van der Waals surface area contributed by atoms with Crippen LogP contribution in [0.3, 0.4) is 0 Å². The number of benzene rings is 1. The van der Waals surface area contributed by atoms with Crippen molar-refractivity contribution < 1.29 is 24.0 Å². The minimum Gasteiger partial charge on any atom is -1.00 e. The third-order valence-corrected chi connectivity index (χ3v) is 3.28. The maximum Gasteiger partial charge on any atom is 0.137 e. The van der Waals surface area contributed by atoms with Gasteiger partial charge in [-0.05, 0) is 40.2 Å². The van der Waals surface area contributed by atoms with E-state index in [1.165, 1.54) is 0 Å². The maximum atomic E-state index is 5.87. The van der Waals surface area contributed by atoms with Crippen LogP contribution in [0.15, 0.2) is 53.3 Å². The standard InChI is InChI=1S/C13H8BrClN2.HI/c14-10-3-6-13-16-12(8-17(13)7-10)9-1-4-11(15)5-2-9;/h1-8H;1H/p-1. The Kier molecular flexibility index (Phi) is 4.29. The first-order valence-electron chi connectivity index (χ1n) is 5.12. The minimum absolute atomic E-state index is 0. The van der Waals surface area contributed by atoms with Crippen LogP contribution in [0.25, 0.3) is 16.9 Å². The SMILES string of the molecule is Clc1ccc(-c2cn3cc(Br)ccc3n2)cc1.[I-]. The molecule has 0 radical (unpaired) electrons. The van der Waals surface area contributed by atoms with Crippen LogP contribution in [0.2, 0.25) is 5.02 Å². The van der Waals surface area contributed by atoms with Gasteiger partial charge in [0.05, 0.1) is 5.69 Å². The van der Waals surface area contributed by atoms with Gasteiger partial charge in [0, 0.05) is 27.5 Å². The molecule has 0 aliphatic carbocycles. The van der Waals surface area contributed by atoms with E-state index in [1.54, 1.807) is 0 Å². The molecule has 0 amide bonds. The summed E-state index contributed by atoms with van der Waals surface area (Å²) in [6.45, 7) is 0. The molecule has 0 saturated carbocycles. The van der Waals surface area contributed by atoms with E-state index in [9.17, 15) is 0 Å². The zero-order valence-corrected chi connectivity index (χ0v) is 13.6. The van der Waals surface area contributed by atoms with Crippen LogP contribution in [-0.2, 0) is 0 Å². The van der Waals surface area contributed by atoms with Crippen molar-refractivity contribution in [2.45, 2.75) is 0 Å². The van der Waals surface area contributed by atoms with E-state index in [-0.39, 0.29) is 24.0 Å². The predicted molar refractivity (Wildman–Crippen MR) is 73.3 cm³/mol. The molecular weight excluding hydrogens is 426 g/mol. The van der Waals surface area contributed by atoms with E-state index in [0.29, 0.717) is 0 Å². The number of imidazole rings is 1. The Morgan fingerprint density at radius 3 is 2.44 bits per heavy atom. The molecule has 0 fully saturated rings. The van der Waals surface area contributed by atoms with Crippen LogP contribution in [0.4, 0.5) is 0 Å². The van der Waals surface area contributed by atoms with Crippen LogP contribution in [0, 0.1) is 0 Å². The molecule has 2 aromatic heterocycles. The summed E-state index contributed by atoms with van der Waals surface area (Å²) < 4.78 is 3.03. The van der Waals surface area contributed by atoms with E-state index in [2.05, 4.69) is 20.9 Å². The second-order valence-electron chi connectivity index (χ2n) is 3.75. The van der Waals surface area contributed by atoms with Crippen molar-refractivity contribution in [3.63, 3.8) is 0 Å². The first-order chi connectivity index (χ1) is 8.22. The Morgan fingerprint density at radius 1 is 1.00 bits per heavy atom. The highest BCUT2D eigenvalue weighted by Gasteiger charge is 2.04. The molecule has 0 spiro atoms. The van der Waals surface area contributed by atoms with Crippen molar-refractivity contribution in [3.8, 4) is 11.3 Å². The molecule has 3 rings (SSSR count). The van der Waals surface area contributed by atoms with Crippen LogP contribution in [0.5, 0.6) is 0 Å². The number of aromatic nitrogens is 2. The molecule has 5 heteroatoms. The Labute approximate surface area is 135 Å². The molecular formula is C13H8BrClIN2-. The Morgan fingerprint density at radius 2 is 1.72 bits per heavy atom. The van der Waals surface area contributed by atoms with Crippen molar-refractivity contribution in [1.29, 1.82) is 0 Å².